The van der Waals surface area contributed by atoms with Gasteiger partial charge in [-0.15, -0.1) is 0 Å². The predicted molar refractivity (Wildman–Crippen MR) is 95.5 cm³/mol. The van der Waals surface area contributed by atoms with E-state index in [4.69, 9.17) is 4.74 Å². The molecule has 2 unspecified atom stereocenters. The minimum atomic E-state index is 0.205. The zero-order valence-corrected chi connectivity index (χ0v) is 15.1. The summed E-state index contributed by atoms with van der Waals surface area (Å²) in [5, 5.41) is 3.76. The topological polar surface area (TPSA) is 21.3 Å². The van der Waals surface area contributed by atoms with Gasteiger partial charge in [0.25, 0.3) is 0 Å². The molecule has 2 fully saturated rings. The van der Waals surface area contributed by atoms with E-state index in [-0.39, 0.29) is 5.60 Å². The van der Waals surface area contributed by atoms with Gasteiger partial charge in [-0.05, 0) is 72.4 Å². The molecule has 1 saturated carbocycles. The van der Waals surface area contributed by atoms with Crippen molar-refractivity contribution in [3.05, 3.63) is 33.4 Å². The molecule has 2 atom stereocenters. The minimum Gasteiger partial charge on any atom is -0.375 e. The Hall–Kier alpha value is -0.130. The van der Waals surface area contributed by atoms with Gasteiger partial charge in [0.1, 0.15) is 0 Å². The van der Waals surface area contributed by atoms with Crippen molar-refractivity contribution in [3.63, 3.8) is 0 Å². The third-order valence-electron chi connectivity index (χ3n) is 5.18. The molecule has 3 heteroatoms. The van der Waals surface area contributed by atoms with Gasteiger partial charge in [0.2, 0.25) is 0 Å². The molecule has 0 amide bonds. The van der Waals surface area contributed by atoms with Crippen LogP contribution in [0, 0.1) is 9.49 Å². The molecular formula is C18H26INO. The van der Waals surface area contributed by atoms with Crippen LogP contribution >= 0.6 is 22.6 Å². The van der Waals surface area contributed by atoms with E-state index in [1.165, 1.54) is 47.7 Å². The largest absolute Gasteiger partial charge is 0.375 e. The van der Waals surface area contributed by atoms with E-state index in [1.54, 1.807) is 0 Å². The Morgan fingerprint density at radius 2 is 2.10 bits per heavy atom. The predicted octanol–water partition coefficient (Wildman–Crippen LogP) is 4.68. The summed E-state index contributed by atoms with van der Waals surface area (Å²) in [5.74, 6) is 0.702. The van der Waals surface area contributed by atoms with Crippen LogP contribution in [0.3, 0.4) is 0 Å². The SMILES string of the molecule is CCNC(c1ccccc1I)C1CCOC2(CCCC2)C1. The maximum Gasteiger partial charge on any atom is 0.0686 e. The molecule has 3 rings (SSSR count). The fraction of sp³-hybridized carbons (Fsp3) is 0.667. The van der Waals surface area contributed by atoms with Gasteiger partial charge in [-0.2, -0.15) is 0 Å². The van der Waals surface area contributed by atoms with Crippen molar-refractivity contribution >= 4 is 22.6 Å². The monoisotopic (exact) mass is 399 g/mol. The molecule has 1 aliphatic heterocycles. The van der Waals surface area contributed by atoms with Crippen LogP contribution < -0.4 is 5.32 Å². The molecule has 1 N–H and O–H groups in total. The lowest BCUT2D eigenvalue weighted by Crippen LogP contribution is -2.42. The summed E-state index contributed by atoms with van der Waals surface area (Å²) in [6, 6.07) is 9.31. The van der Waals surface area contributed by atoms with Crippen LogP contribution in [0.2, 0.25) is 0 Å². The zero-order chi connectivity index (χ0) is 14.7. The van der Waals surface area contributed by atoms with Crippen molar-refractivity contribution in [2.24, 2.45) is 5.92 Å². The summed E-state index contributed by atoms with van der Waals surface area (Å²) < 4.78 is 7.60. The summed E-state index contributed by atoms with van der Waals surface area (Å²) in [5.41, 5.74) is 1.68. The zero-order valence-electron chi connectivity index (χ0n) is 12.9. The van der Waals surface area contributed by atoms with E-state index in [0.29, 0.717) is 12.0 Å². The van der Waals surface area contributed by atoms with E-state index in [9.17, 15) is 0 Å². The van der Waals surface area contributed by atoms with Crippen molar-refractivity contribution in [1.82, 2.24) is 5.32 Å². The van der Waals surface area contributed by atoms with Crippen LogP contribution in [0.4, 0.5) is 0 Å². The molecule has 1 spiro atoms. The molecule has 0 bridgehead atoms. The molecule has 2 nitrogen and oxygen atoms in total. The fourth-order valence-electron chi connectivity index (χ4n) is 4.20. The van der Waals surface area contributed by atoms with Crippen LogP contribution in [-0.2, 0) is 4.74 Å². The lowest BCUT2D eigenvalue weighted by atomic mass is 9.78. The maximum absolute atomic E-state index is 6.22. The van der Waals surface area contributed by atoms with Gasteiger partial charge in [0.05, 0.1) is 5.60 Å². The standard InChI is InChI=1S/C18H26INO/c1-2-20-17(15-7-3-4-8-16(15)19)14-9-12-21-18(13-14)10-5-6-11-18/h3-4,7-8,14,17,20H,2,5-6,9-13H2,1H3. The molecule has 1 saturated heterocycles. The summed E-state index contributed by atoms with van der Waals surface area (Å²) >= 11 is 2.48. The molecule has 1 aliphatic carbocycles. The number of hydrogen-bond acceptors (Lipinski definition) is 2. The highest BCUT2D eigenvalue weighted by Gasteiger charge is 2.42. The van der Waals surface area contributed by atoms with E-state index >= 15 is 0 Å². The third-order valence-corrected chi connectivity index (χ3v) is 6.16. The average molecular weight is 399 g/mol. The van der Waals surface area contributed by atoms with Crippen LogP contribution in [-0.4, -0.2) is 18.8 Å². The van der Waals surface area contributed by atoms with Crippen molar-refractivity contribution < 1.29 is 4.74 Å². The normalized spacial score (nSPS) is 26.1. The first-order valence-corrected chi connectivity index (χ1v) is 9.44. The smallest absolute Gasteiger partial charge is 0.0686 e. The quantitative estimate of drug-likeness (QED) is 0.743. The van der Waals surface area contributed by atoms with Gasteiger partial charge in [0, 0.05) is 16.2 Å². The Morgan fingerprint density at radius 1 is 1.33 bits per heavy atom. The lowest BCUT2D eigenvalue weighted by Gasteiger charge is -2.42. The molecule has 1 heterocycles. The van der Waals surface area contributed by atoms with E-state index < -0.39 is 0 Å². The third kappa shape index (κ3) is 3.45. The number of hydrogen-bond donors (Lipinski definition) is 1. The highest BCUT2D eigenvalue weighted by atomic mass is 127. The maximum atomic E-state index is 6.22. The average Bonchev–Trinajstić information content (AvgIpc) is 2.93. The van der Waals surface area contributed by atoms with E-state index in [2.05, 4.69) is 59.1 Å². The molecule has 2 aliphatic rings. The van der Waals surface area contributed by atoms with Crippen LogP contribution in [0.1, 0.15) is 57.1 Å². The van der Waals surface area contributed by atoms with Crippen LogP contribution in [0.5, 0.6) is 0 Å². The highest BCUT2D eigenvalue weighted by Crippen LogP contribution is 2.45. The summed E-state index contributed by atoms with van der Waals surface area (Å²) in [6.45, 7) is 4.18. The number of nitrogens with one attached hydrogen (secondary N) is 1. The molecule has 0 aromatic heterocycles. The Morgan fingerprint density at radius 3 is 2.81 bits per heavy atom. The van der Waals surface area contributed by atoms with Crippen molar-refractivity contribution in [1.29, 1.82) is 0 Å². The van der Waals surface area contributed by atoms with Gasteiger partial charge in [-0.1, -0.05) is 38.0 Å². The number of rotatable bonds is 4. The second-order valence-electron chi connectivity index (χ2n) is 6.55. The van der Waals surface area contributed by atoms with Crippen molar-refractivity contribution in [2.45, 2.75) is 57.1 Å². The van der Waals surface area contributed by atoms with Gasteiger partial charge in [-0.25, -0.2) is 0 Å². The van der Waals surface area contributed by atoms with Gasteiger partial charge < -0.3 is 10.1 Å². The second kappa shape index (κ2) is 6.97. The summed E-state index contributed by atoms with van der Waals surface area (Å²) in [4.78, 5) is 0. The van der Waals surface area contributed by atoms with Crippen molar-refractivity contribution in [3.8, 4) is 0 Å². The minimum absolute atomic E-state index is 0.205. The Bertz CT molecular complexity index is 470. The van der Waals surface area contributed by atoms with Gasteiger partial charge in [-0.3, -0.25) is 0 Å². The molecule has 1 aromatic rings. The van der Waals surface area contributed by atoms with Gasteiger partial charge in [0.15, 0.2) is 0 Å². The second-order valence-corrected chi connectivity index (χ2v) is 7.71. The number of ether oxygens (including phenoxy) is 1. The number of benzene rings is 1. The Kier molecular flexibility index (Phi) is 5.23. The molecular weight excluding hydrogens is 373 g/mol. The molecule has 1 aromatic carbocycles. The summed E-state index contributed by atoms with van der Waals surface area (Å²) in [6.07, 6.45) is 7.66. The Labute approximate surface area is 142 Å². The van der Waals surface area contributed by atoms with Crippen molar-refractivity contribution in [2.75, 3.05) is 13.2 Å². The first kappa shape index (κ1) is 15.8. The molecule has 116 valence electrons. The molecule has 0 radical (unpaired) electrons. The van der Waals surface area contributed by atoms with E-state index in [0.717, 1.165) is 13.2 Å². The highest BCUT2D eigenvalue weighted by molar-refractivity contribution is 14.1. The summed E-state index contributed by atoms with van der Waals surface area (Å²) in [7, 11) is 0. The lowest BCUT2D eigenvalue weighted by molar-refractivity contribution is -0.0981. The first-order valence-electron chi connectivity index (χ1n) is 8.36. The van der Waals surface area contributed by atoms with E-state index in [1.807, 2.05) is 0 Å². The molecule has 21 heavy (non-hydrogen) atoms. The van der Waals surface area contributed by atoms with Gasteiger partial charge >= 0.3 is 0 Å². The van der Waals surface area contributed by atoms with Crippen LogP contribution in [0.15, 0.2) is 24.3 Å². The first-order chi connectivity index (χ1) is 10.2. The van der Waals surface area contributed by atoms with Crippen LogP contribution in [0.25, 0.3) is 0 Å². The number of halogens is 1. The fourth-order valence-corrected chi connectivity index (χ4v) is 4.92. The Balaban J connectivity index is 1.82.